The normalized spacial score (nSPS) is 17.2. The van der Waals surface area contributed by atoms with Crippen LogP contribution < -0.4 is 10.2 Å². The highest BCUT2D eigenvalue weighted by Crippen LogP contribution is 2.16. The second-order valence-corrected chi connectivity index (χ2v) is 6.07. The highest BCUT2D eigenvalue weighted by atomic mass is 15.3. The summed E-state index contributed by atoms with van der Waals surface area (Å²) < 4.78 is 2.11. The van der Waals surface area contributed by atoms with Crippen LogP contribution >= 0.6 is 0 Å². The van der Waals surface area contributed by atoms with Crippen LogP contribution in [0.5, 0.6) is 0 Å². The zero-order chi connectivity index (χ0) is 15.4. The quantitative estimate of drug-likeness (QED) is 0.674. The Balaban J connectivity index is 1.95. The Morgan fingerprint density at radius 2 is 2.10 bits per heavy atom. The monoisotopic (exact) mass is 292 g/mol. The number of nitrogens with one attached hydrogen (secondary N) is 1. The van der Waals surface area contributed by atoms with Crippen LogP contribution in [0.1, 0.15) is 25.5 Å². The molecule has 0 aromatic carbocycles. The standard InChI is InChI=1S/C15H28N6/c1-12-6-8-21(9-7-12)14(16-2)17-10-13-11-18-15(19(3)4)20(13)5/h11-12H,6-10H2,1-5H3,(H,16,17). The molecule has 6 nitrogen and oxygen atoms in total. The molecular formula is C15H28N6. The maximum atomic E-state index is 4.44. The Bertz CT molecular complexity index is 482. The van der Waals surface area contributed by atoms with Crippen LogP contribution in [-0.2, 0) is 13.6 Å². The van der Waals surface area contributed by atoms with Crippen LogP contribution in [-0.4, -0.2) is 54.6 Å². The van der Waals surface area contributed by atoms with Gasteiger partial charge < -0.3 is 19.7 Å². The minimum atomic E-state index is 0.746. The lowest BCUT2D eigenvalue weighted by Crippen LogP contribution is -2.45. The average Bonchev–Trinajstić information content (AvgIpc) is 2.83. The van der Waals surface area contributed by atoms with Gasteiger partial charge in [0.2, 0.25) is 5.95 Å². The van der Waals surface area contributed by atoms with E-state index in [0.717, 1.165) is 43.2 Å². The Morgan fingerprint density at radius 1 is 1.43 bits per heavy atom. The first kappa shape index (κ1) is 15.7. The number of piperidine rings is 1. The molecule has 1 N–H and O–H groups in total. The molecule has 21 heavy (non-hydrogen) atoms. The number of likely N-dealkylation sites (tertiary alicyclic amines) is 1. The fraction of sp³-hybridized carbons (Fsp3) is 0.733. The molecule has 2 heterocycles. The largest absolute Gasteiger partial charge is 0.351 e. The molecule has 0 radical (unpaired) electrons. The topological polar surface area (TPSA) is 48.7 Å². The first-order valence-corrected chi connectivity index (χ1v) is 7.66. The van der Waals surface area contributed by atoms with E-state index in [0.29, 0.717) is 0 Å². The summed E-state index contributed by atoms with van der Waals surface area (Å²) in [7, 11) is 7.92. The minimum Gasteiger partial charge on any atom is -0.351 e. The molecule has 0 unspecified atom stereocenters. The molecule has 1 fully saturated rings. The lowest BCUT2D eigenvalue weighted by atomic mass is 10.00. The van der Waals surface area contributed by atoms with Gasteiger partial charge in [-0.2, -0.15) is 0 Å². The summed E-state index contributed by atoms with van der Waals surface area (Å²) in [6.45, 7) is 5.26. The van der Waals surface area contributed by atoms with Gasteiger partial charge >= 0.3 is 0 Å². The van der Waals surface area contributed by atoms with Gasteiger partial charge in [0.15, 0.2) is 5.96 Å². The number of nitrogens with zero attached hydrogens (tertiary/aromatic N) is 5. The maximum Gasteiger partial charge on any atom is 0.204 e. The first-order chi connectivity index (χ1) is 10.0. The second-order valence-electron chi connectivity index (χ2n) is 6.07. The van der Waals surface area contributed by atoms with Crippen molar-refractivity contribution < 1.29 is 0 Å². The fourth-order valence-electron chi connectivity index (χ4n) is 2.74. The molecule has 1 aliphatic rings. The zero-order valence-electron chi connectivity index (χ0n) is 13.9. The predicted octanol–water partition coefficient (Wildman–Crippen LogP) is 1.29. The van der Waals surface area contributed by atoms with Crippen molar-refractivity contribution in [2.24, 2.45) is 18.0 Å². The summed E-state index contributed by atoms with van der Waals surface area (Å²) in [6.07, 6.45) is 4.42. The van der Waals surface area contributed by atoms with Gasteiger partial charge in [-0.1, -0.05) is 6.92 Å². The Morgan fingerprint density at radius 3 is 2.62 bits per heavy atom. The van der Waals surface area contributed by atoms with Crippen LogP contribution in [0.2, 0.25) is 0 Å². The van der Waals surface area contributed by atoms with E-state index in [2.05, 4.69) is 31.7 Å². The Kier molecular flexibility index (Phi) is 5.09. The molecule has 6 heteroatoms. The van der Waals surface area contributed by atoms with Crippen LogP contribution in [0.3, 0.4) is 0 Å². The van der Waals surface area contributed by atoms with E-state index in [4.69, 9.17) is 0 Å². The summed E-state index contributed by atoms with van der Waals surface area (Å²) in [5, 5.41) is 3.46. The average molecular weight is 292 g/mol. The number of rotatable bonds is 3. The first-order valence-electron chi connectivity index (χ1n) is 7.66. The third-order valence-electron chi connectivity index (χ3n) is 4.18. The van der Waals surface area contributed by atoms with E-state index in [9.17, 15) is 0 Å². The Hall–Kier alpha value is -1.72. The molecule has 1 aliphatic heterocycles. The highest BCUT2D eigenvalue weighted by Gasteiger charge is 2.18. The number of anilines is 1. The van der Waals surface area contributed by atoms with Gasteiger partial charge in [0.05, 0.1) is 18.4 Å². The molecule has 1 saturated heterocycles. The van der Waals surface area contributed by atoms with Crippen molar-refractivity contribution in [2.75, 3.05) is 39.1 Å². The molecule has 118 valence electrons. The number of imidazole rings is 1. The molecule has 0 bridgehead atoms. The van der Waals surface area contributed by atoms with Crippen molar-refractivity contribution in [3.63, 3.8) is 0 Å². The van der Waals surface area contributed by atoms with E-state index in [1.54, 1.807) is 0 Å². The summed E-state index contributed by atoms with van der Waals surface area (Å²) in [4.78, 5) is 13.2. The van der Waals surface area contributed by atoms with Gasteiger partial charge in [0, 0.05) is 41.3 Å². The van der Waals surface area contributed by atoms with Crippen molar-refractivity contribution in [1.29, 1.82) is 0 Å². The van der Waals surface area contributed by atoms with Crippen LogP contribution in [0.25, 0.3) is 0 Å². The van der Waals surface area contributed by atoms with Crippen molar-refractivity contribution in [3.05, 3.63) is 11.9 Å². The van der Waals surface area contributed by atoms with Gasteiger partial charge in [-0.05, 0) is 18.8 Å². The Labute approximate surface area is 127 Å². The molecule has 1 aromatic rings. The van der Waals surface area contributed by atoms with Gasteiger partial charge in [-0.25, -0.2) is 4.98 Å². The lowest BCUT2D eigenvalue weighted by molar-refractivity contribution is 0.273. The van der Waals surface area contributed by atoms with Crippen molar-refractivity contribution in [2.45, 2.75) is 26.3 Å². The highest BCUT2D eigenvalue weighted by molar-refractivity contribution is 5.79. The van der Waals surface area contributed by atoms with E-state index in [-0.39, 0.29) is 0 Å². The number of guanidine groups is 1. The molecule has 0 aliphatic carbocycles. The fourth-order valence-corrected chi connectivity index (χ4v) is 2.74. The number of aliphatic imine (C=N–C) groups is 1. The molecule has 1 aromatic heterocycles. The molecule has 0 atom stereocenters. The summed E-state index contributed by atoms with van der Waals surface area (Å²) in [5.41, 5.74) is 1.16. The van der Waals surface area contributed by atoms with Crippen LogP contribution in [0.15, 0.2) is 11.2 Å². The van der Waals surface area contributed by atoms with Crippen LogP contribution in [0.4, 0.5) is 5.95 Å². The van der Waals surface area contributed by atoms with Crippen LogP contribution in [0, 0.1) is 5.92 Å². The third kappa shape index (κ3) is 3.68. The number of hydrogen-bond donors (Lipinski definition) is 1. The van der Waals surface area contributed by atoms with E-state index in [1.165, 1.54) is 12.8 Å². The van der Waals surface area contributed by atoms with Crippen molar-refractivity contribution in [1.82, 2.24) is 19.8 Å². The lowest BCUT2D eigenvalue weighted by Gasteiger charge is -2.32. The third-order valence-corrected chi connectivity index (χ3v) is 4.18. The minimum absolute atomic E-state index is 0.746. The van der Waals surface area contributed by atoms with Gasteiger partial charge in [-0.3, -0.25) is 4.99 Å². The molecular weight excluding hydrogens is 264 g/mol. The smallest absolute Gasteiger partial charge is 0.204 e. The summed E-state index contributed by atoms with van der Waals surface area (Å²) in [5.74, 6) is 2.79. The maximum absolute atomic E-state index is 4.44. The molecule has 0 saturated carbocycles. The van der Waals surface area contributed by atoms with Gasteiger partial charge in [0.1, 0.15) is 0 Å². The number of aromatic nitrogens is 2. The molecule has 2 rings (SSSR count). The van der Waals surface area contributed by atoms with E-state index < -0.39 is 0 Å². The van der Waals surface area contributed by atoms with Crippen molar-refractivity contribution in [3.8, 4) is 0 Å². The van der Waals surface area contributed by atoms with E-state index in [1.807, 2.05) is 39.3 Å². The van der Waals surface area contributed by atoms with Crippen molar-refractivity contribution >= 4 is 11.9 Å². The van der Waals surface area contributed by atoms with Gasteiger partial charge in [-0.15, -0.1) is 0 Å². The van der Waals surface area contributed by atoms with E-state index >= 15 is 0 Å². The zero-order valence-corrected chi connectivity index (χ0v) is 13.9. The second kappa shape index (κ2) is 6.83. The summed E-state index contributed by atoms with van der Waals surface area (Å²) >= 11 is 0. The van der Waals surface area contributed by atoms with Gasteiger partial charge in [0.25, 0.3) is 0 Å². The SMILES string of the molecule is CN=C(NCc1cnc(N(C)C)n1C)N1CCC(C)CC1. The molecule has 0 amide bonds. The predicted molar refractivity (Wildman–Crippen MR) is 87.7 cm³/mol. The molecule has 0 spiro atoms. The number of hydrogen-bond acceptors (Lipinski definition) is 3. The summed E-state index contributed by atoms with van der Waals surface area (Å²) in [6, 6.07) is 0.